The van der Waals surface area contributed by atoms with E-state index in [-0.39, 0.29) is 23.8 Å². The summed E-state index contributed by atoms with van der Waals surface area (Å²) >= 11 is 0. The molecule has 0 unspecified atom stereocenters. The Labute approximate surface area is 160 Å². The van der Waals surface area contributed by atoms with Crippen LogP contribution in [0.5, 0.6) is 0 Å². The van der Waals surface area contributed by atoms with Crippen molar-refractivity contribution in [1.29, 1.82) is 0 Å². The first-order chi connectivity index (χ1) is 13.0. The van der Waals surface area contributed by atoms with Crippen LogP contribution in [0.3, 0.4) is 0 Å². The fraction of sp³-hybridized carbons (Fsp3) is 0.600. The third-order valence-electron chi connectivity index (χ3n) is 4.42. The quantitative estimate of drug-likeness (QED) is 0.683. The van der Waals surface area contributed by atoms with Crippen molar-refractivity contribution in [3.05, 3.63) is 35.6 Å². The number of carbonyl (C=O) groups excluding carboxylic acids is 2. The van der Waals surface area contributed by atoms with Gasteiger partial charge in [0.15, 0.2) is 0 Å². The molecule has 1 aliphatic rings. The van der Waals surface area contributed by atoms with Crippen LogP contribution >= 0.6 is 0 Å². The number of urea groups is 1. The maximum absolute atomic E-state index is 12.9. The van der Waals surface area contributed by atoms with Gasteiger partial charge in [-0.15, -0.1) is 0 Å². The lowest BCUT2D eigenvalue weighted by atomic mass is 10.0. The van der Waals surface area contributed by atoms with Gasteiger partial charge in [-0.25, -0.2) is 9.18 Å². The van der Waals surface area contributed by atoms with Crippen molar-refractivity contribution >= 4 is 11.9 Å². The van der Waals surface area contributed by atoms with E-state index in [1.807, 2.05) is 0 Å². The van der Waals surface area contributed by atoms with E-state index in [1.54, 1.807) is 4.90 Å². The molecule has 1 aromatic rings. The second kappa shape index (κ2) is 10.9. The average molecular weight is 379 g/mol. The van der Waals surface area contributed by atoms with Crippen LogP contribution in [-0.4, -0.2) is 55.7 Å². The largest absolute Gasteiger partial charge is 0.381 e. The molecule has 0 saturated carbocycles. The number of halogens is 1. The summed E-state index contributed by atoms with van der Waals surface area (Å²) in [6, 6.07) is 5.44. The summed E-state index contributed by atoms with van der Waals surface area (Å²) < 4.78 is 18.4. The highest BCUT2D eigenvalue weighted by Crippen LogP contribution is 2.12. The Morgan fingerprint density at radius 1 is 1.22 bits per heavy atom. The number of amides is 3. The molecule has 0 aromatic heterocycles. The molecule has 7 heteroatoms. The fourth-order valence-electron chi connectivity index (χ4n) is 2.90. The Kier molecular flexibility index (Phi) is 8.51. The Bertz CT molecular complexity index is 599. The van der Waals surface area contributed by atoms with Crippen LogP contribution in [0.25, 0.3) is 0 Å². The smallest absolute Gasteiger partial charge is 0.317 e. The summed E-state index contributed by atoms with van der Waals surface area (Å²) in [5, 5.41) is 5.86. The van der Waals surface area contributed by atoms with Crippen molar-refractivity contribution < 1.29 is 18.7 Å². The monoisotopic (exact) mass is 379 g/mol. The Morgan fingerprint density at radius 2 is 1.89 bits per heavy atom. The minimum Gasteiger partial charge on any atom is -0.381 e. The van der Waals surface area contributed by atoms with Crippen LogP contribution in [0.2, 0.25) is 0 Å². The number of rotatable bonds is 8. The summed E-state index contributed by atoms with van der Waals surface area (Å²) in [5.41, 5.74) is 0.441. The van der Waals surface area contributed by atoms with Crippen LogP contribution in [0, 0.1) is 11.7 Å². The van der Waals surface area contributed by atoms with E-state index in [2.05, 4.69) is 24.5 Å². The molecule has 27 heavy (non-hydrogen) atoms. The Morgan fingerprint density at radius 3 is 2.52 bits per heavy atom. The van der Waals surface area contributed by atoms with Gasteiger partial charge in [-0.3, -0.25) is 4.79 Å². The van der Waals surface area contributed by atoms with Crippen molar-refractivity contribution in [2.75, 3.05) is 32.8 Å². The first-order valence-electron chi connectivity index (χ1n) is 9.62. The average Bonchev–Trinajstić information content (AvgIpc) is 2.65. The predicted molar refractivity (Wildman–Crippen MR) is 102 cm³/mol. The molecule has 0 bridgehead atoms. The number of piperidine rings is 1. The second-order valence-electron chi connectivity index (χ2n) is 7.30. The molecular formula is C20H30FN3O3. The highest BCUT2D eigenvalue weighted by Gasteiger charge is 2.23. The number of benzene rings is 1. The number of nitrogens with one attached hydrogen (secondary N) is 2. The third-order valence-corrected chi connectivity index (χ3v) is 4.42. The minimum atomic E-state index is -0.364. The van der Waals surface area contributed by atoms with Crippen LogP contribution in [-0.2, 0) is 4.74 Å². The molecule has 0 atom stereocenters. The van der Waals surface area contributed by atoms with Gasteiger partial charge in [-0.2, -0.15) is 0 Å². The molecule has 1 heterocycles. The van der Waals surface area contributed by atoms with Crippen molar-refractivity contribution in [2.24, 2.45) is 5.92 Å². The molecule has 2 N–H and O–H groups in total. The third kappa shape index (κ3) is 7.54. The highest BCUT2D eigenvalue weighted by atomic mass is 19.1. The molecule has 0 radical (unpaired) electrons. The molecule has 3 amide bonds. The van der Waals surface area contributed by atoms with Gasteiger partial charge in [-0.05, 0) is 49.4 Å². The van der Waals surface area contributed by atoms with Crippen LogP contribution in [0.4, 0.5) is 9.18 Å². The van der Waals surface area contributed by atoms with Gasteiger partial charge in [0.25, 0.3) is 5.91 Å². The maximum Gasteiger partial charge on any atom is 0.317 e. The number of hydrogen-bond donors (Lipinski definition) is 2. The maximum atomic E-state index is 12.9. The topological polar surface area (TPSA) is 70.7 Å². The van der Waals surface area contributed by atoms with E-state index in [0.717, 1.165) is 13.0 Å². The van der Waals surface area contributed by atoms with Gasteiger partial charge in [-0.1, -0.05) is 13.8 Å². The summed E-state index contributed by atoms with van der Waals surface area (Å²) in [7, 11) is 0. The van der Waals surface area contributed by atoms with E-state index in [1.165, 1.54) is 24.3 Å². The molecular weight excluding hydrogens is 349 g/mol. The standard InChI is InChI=1S/C20H30FN3O3/c1-15(2)14-27-13-3-10-22-20(26)24-11-8-18(9-12-24)23-19(25)16-4-6-17(21)7-5-16/h4-7,15,18H,3,8-14H2,1-2H3,(H,22,26)(H,23,25). The lowest BCUT2D eigenvalue weighted by Gasteiger charge is -2.32. The van der Waals surface area contributed by atoms with Gasteiger partial charge in [0, 0.05) is 44.5 Å². The molecule has 1 aliphatic heterocycles. The molecule has 150 valence electrons. The number of hydrogen-bond acceptors (Lipinski definition) is 3. The molecule has 2 rings (SSSR count). The second-order valence-corrected chi connectivity index (χ2v) is 7.30. The number of nitrogens with zero attached hydrogens (tertiary/aromatic N) is 1. The first-order valence-corrected chi connectivity index (χ1v) is 9.62. The number of ether oxygens (including phenoxy) is 1. The van der Waals surface area contributed by atoms with Crippen molar-refractivity contribution in [3.8, 4) is 0 Å². The molecule has 1 fully saturated rings. The minimum absolute atomic E-state index is 0.0241. The normalized spacial score (nSPS) is 15.0. The van der Waals surface area contributed by atoms with E-state index in [4.69, 9.17) is 4.74 Å². The van der Waals surface area contributed by atoms with Gasteiger partial charge in [0.2, 0.25) is 0 Å². The van der Waals surface area contributed by atoms with Crippen LogP contribution in [0.1, 0.15) is 43.5 Å². The molecule has 1 aromatic carbocycles. The van der Waals surface area contributed by atoms with Gasteiger partial charge < -0.3 is 20.3 Å². The zero-order valence-corrected chi connectivity index (χ0v) is 16.2. The molecule has 0 aliphatic carbocycles. The lowest BCUT2D eigenvalue weighted by Crippen LogP contribution is -2.49. The van der Waals surface area contributed by atoms with Crippen molar-refractivity contribution in [2.45, 2.75) is 39.2 Å². The Hall–Kier alpha value is -2.15. The summed E-state index contributed by atoms with van der Waals surface area (Å²) in [5.74, 6) is -0.0545. The molecule has 6 nitrogen and oxygen atoms in total. The molecule has 1 saturated heterocycles. The first kappa shape index (κ1) is 21.2. The summed E-state index contributed by atoms with van der Waals surface area (Å²) in [6.07, 6.45) is 2.21. The van der Waals surface area contributed by atoms with Gasteiger partial charge >= 0.3 is 6.03 Å². The fourth-order valence-corrected chi connectivity index (χ4v) is 2.90. The summed E-state index contributed by atoms with van der Waals surface area (Å²) in [6.45, 7) is 7.40. The van der Waals surface area contributed by atoms with Crippen LogP contribution in [0.15, 0.2) is 24.3 Å². The van der Waals surface area contributed by atoms with E-state index in [9.17, 15) is 14.0 Å². The van der Waals surface area contributed by atoms with E-state index >= 15 is 0 Å². The van der Waals surface area contributed by atoms with Crippen molar-refractivity contribution in [1.82, 2.24) is 15.5 Å². The summed E-state index contributed by atoms with van der Waals surface area (Å²) in [4.78, 5) is 26.1. The van der Waals surface area contributed by atoms with Crippen LogP contribution < -0.4 is 10.6 Å². The van der Waals surface area contributed by atoms with E-state index in [0.29, 0.717) is 50.6 Å². The zero-order valence-electron chi connectivity index (χ0n) is 16.2. The van der Waals surface area contributed by atoms with E-state index < -0.39 is 0 Å². The highest BCUT2D eigenvalue weighted by molar-refractivity contribution is 5.94. The molecule has 0 spiro atoms. The number of likely N-dealkylation sites (tertiary alicyclic amines) is 1. The predicted octanol–water partition coefficient (Wildman–Crippen LogP) is 2.79. The Balaban J connectivity index is 1.62. The number of carbonyl (C=O) groups is 2. The van der Waals surface area contributed by atoms with Gasteiger partial charge in [0.05, 0.1) is 0 Å². The lowest BCUT2D eigenvalue weighted by molar-refractivity contribution is 0.0917. The SMILES string of the molecule is CC(C)COCCCNC(=O)N1CCC(NC(=O)c2ccc(F)cc2)CC1. The zero-order chi connectivity index (χ0) is 19.6. The van der Waals surface area contributed by atoms with Gasteiger partial charge in [0.1, 0.15) is 5.82 Å². The van der Waals surface area contributed by atoms with Crippen molar-refractivity contribution in [3.63, 3.8) is 0 Å².